The van der Waals surface area contributed by atoms with Crippen molar-refractivity contribution < 1.29 is 24.2 Å². The van der Waals surface area contributed by atoms with E-state index in [1.54, 1.807) is 6.07 Å². The van der Waals surface area contributed by atoms with Crippen molar-refractivity contribution in [3.63, 3.8) is 0 Å². The smallest absolute Gasteiger partial charge is 0.311 e. The number of nitrogens with zero attached hydrogens (tertiary/aromatic N) is 2. The molecule has 1 N–H and O–H groups in total. The number of esters is 1. The predicted octanol–water partition coefficient (Wildman–Crippen LogP) is 11.9. The third-order valence-electron chi connectivity index (χ3n) is 11.0. The van der Waals surface area contributed by atoms with Crippen molar-refractivity contribution in [1.82, 2.24) is 0 Å². The van der Waals surface area contributed by atoms with Crippen LogP contribution in [0.2, 0.25) is 0 Å². The van der Waals surface area contributed by atoms with E-state index in [-0.39, 0.29) is 24.7 Å². The Labute approximate surface area is 305 Å². The molecule has 0 fully saturated rings. The van der Waals surface area contributed by atoms with E-state index in [1.165, 1.54) is 108 Å². The molecule has 0 radical (unpaired) electrons. The summed E-state index contributed by atoms with van der Waals surface area (Å²) in [5.74, 6) is -0.264. The van der Waals surface area contributed by atoms with Gasteiger partial charge in [0.25, 0.3) is 0 Å². The van der Waals surface area contributed by atoms with Gasteiger partial charge < -0.3 is 19.5 Å². The van der Waals surface area contributed by atoms with Crippen LogP contribution in [0.1, 0.15) is 148 Å². The molecule has 0 amide bonds. The zero-order valence-electron chi connectivity index (χ0n) is 31.4. The molecular weight excluding hydrogens is 636 g/mol. The molecule has 7 heteroatoms. The minimum absolute atomic E-state index is 0.0475. The van der Waals surface area contributed by atoms with Gasteiger partial charge in [0.05, 0.1) is 11.6 Å². The van der Waals surface area contributed by atoms with E-state index < -0.39 is 17.7 Å². The molecule has 0 saturated heterocycles. The first-order chi connectivity index (χ1) is 24.8. The van der Waals surface area contributed by atoms with Gasteiger partial charge >= 0.3 is 11.9 Å². The summed E-state index contributed by atoms with van der Waals surface area (Å²) in [6, 6.07) is 18.2. The largest absolute Gasteiger partial charge is 0.481 e. The fraction of sp³-hybridized carbons (Fsp3) is 0.568. The molecule has 276 valence electrons. The summed E-state index contributed by atoms with van der Waals surface area (Å²) >= 11 is 0. The number of hydrogen-bond donors (Lipinski definition) is 1. The van der Waals surface area contributed by atoms with E-state index >= 15 is 0 Å². The third-order valence-corrected chi connectivity index (χ3v) is 11.0. The van der Waals surface area contributed by atoms with E-state index in [2.05, 4.69) is 49.9 Å². The molecule has 0 aromatic heterocycles. The quantitative estimate of drug-likeness (QED) is 0.0639. The summed E-state index contributed by atoms with van der Waals surface area (Å²) in [7, 11) is 0. The number of carbonyl (C=O) groups excluding carboxylic acids is 1. The summed E-state index contributed by atoms with van der Waals surface area (Å²) in [6.45, 7) is 7.67. The number of fused-ring (bicyclic) bond motifs is 4. The first-order valence-electron chi connectivity index (χ1n) is 19.9. The lowest BCUT2D eigenvalue weighted by Gasteiger charge is -2.46. The highest BCUT2D eigenvalue weighted by molar-refractivity contribution is 6.00. The van der Waals surface area contributed by atoms with Crippen molar-refractivity contribution >= 4 is 40.3 Å². The molecule has 3 aromatic rings. The Balaban J connectivity index is 1.16. The molecule has 51 heavy (non-hydrogen) atoms. The number of rotatable bonds is 22. The van der Waals surface area contributed by atoms with Crippen LogP contribution in [0, 0.1) is 0 Å². The maximum atomic E-state index is 12.4. The van der Waals surface area contributed by atoms with Crippen molar-refractivity contribution in [2.45, 2.75) is 154 Å². The van der Waals surface area contributed by atoms with E-state index in [9.17, 15) is 9.59 Å². The van der Waals surface area contributed by atoms with Crippen LogP contribution in [0.4, 0.5) is 11.4 Å². The maximum absolute atomic E-state index is 12.4. The first-order valence-corrected chi connectivity index (χ1v) is 19.9. The van der Waals surface area contributed by atoms with E-state index in [0.29, 0.717) is 11.5 Å². The molecule has 0 bridgehead atoms. The van der Waals surface area contributed by atoms with Crippen LogP contribution in [0.5, 0.6) is 11.5 Å². The van der Waals surface area contributed by atoms with Gasteiger partial charge in [0.15, 0.2) is 0 Å². The van der Waals surface area contributed by atoms with Gasteiger partial charge in [-0.3, -0.25) is 14.6 Å². The lowest BCUT2D eigenvalue weighted by atomic mass is 9.77. The molecule has 2 aliphatic rings. The number of para-hydroxylation sites is 1. The van der Waals surface area contributed by atoms with E-state index in [1.807, 2.05) is 30.5 Å². The van der Waals surface area contributed by atoms with Gasteiger partial charge in [-0.25, -0.2) is 0 Å². The van der Waals surface area contributed by atoms with Crippen LogP contribution in [-0.4, -0.2) is 35.5 Å². The van der Waals surface area contributed by atoms with Crippen molar-refractivity contribution in [3.05, 3.63) is 60.2 Å². The van der Waals surface area contributed by atoms with Crippen molar-refractivity contribution in [1.29, 1.82) is 0 Å². The third kappa shape index (κ3) is 9.52. The van der Waals surface area contributed by atoms with Gasteiger partial charge in [-0.15, -0.1) is 0 Å². The molecule has 1 unspecified atom stereocenters. The molecule has 3 aromatic carbocycles. The summed E-state index contributed by atoms with van der Waals surface area (Å²) < 4.78 is 12.7. The normalized spacial score (nSPS) is 17.0. The van der Waals surface area contributed by atoms with Crippen molar-refractivity contribution in [2.24, 2.45) is 4.99 Å². The number of carboxylic acids is 1. The van der Waals surface area contributed by atoms with Gasteiger partial charge in [0, 0.05) is 30.5 Å². The number of unbranched alkanes of at least 4 members (excludes halogenated alkanes) is 15. The minimum Gasteiger partial charge on any atom is -0.481 e. The zero-order valence-corrected chi connectivity index (χ0v) is 31.4. The average molecular weight is 697 g/mol. The Morgan fingerprint density at radius 2 is 1.37 bits per heavy atom. The molecule has 0 aliphatic carbocycles. The standard InChI is InChI=1S/C44H60N2O5/c1-4-5-6-7-8-9-10-11-12-13-14-15-16-17-18-21-31-46-38-24-20-19-23-37(38)43(2,3)44(46)33-45-42-36-32-35(50-41(49)26-22-25-40(47)48)29-27-34(36)28-30-39(42)51-44/h19-20,23-24,27-30,32-33H,4-18,21-22,25-26,31H2,1-3H3,(H,47,48). The van der Waals surface area contributed by atoms with Crippen LogP contribution in [0.15, 0.2) is 59.6 Å². The Kier molecular flexibility index (Phi) is 14.0. The fourth-order valence-electron chi connectivity index (χ4n) is 7.92. The van der Waals surface area contributed by atoms with E-state index in [4.69, 9.17) is 19.6 Å². The second-order valence-corrected chi connectivity index (χ2v) is 15.2. The van der Waals surface area contributed by atoms with E-state index in [0.717, 1.165) is 29.4 Å². The van der Waals surface area contributed by atoms with Crippen LogP contribution >= 0.6 is 0 Å². The summed E-state index contributed by atoms with van der Waals surface area (Å²) in [4.78, 5) is 30.7. The number of anilines is 1. The van der Waals surface area contributed by atoms with Crippen LogP contribution in [0.3, 0.4) is 0 Å². The van der Waals surface area contributed by atoms with Crippen molar-refractivity contribution in [3.8, 4) is 11.5 Å². The molecule has 5 rings (SSSR count). The molecule has 2 aliphatic heterocycles. The molecule has 7 nitrogen and oxygen atoms in total. The monoisotopic (exact) mass is 696 g/mol. The lowest BCUT2D eigenvalue weighted by molar-refractivity contribution is -0.137. The first kappa shape index (κ1) is 38.4. The summed E-state index contributed by atoms with van der Waals surface area (Å²) in [5, 5.41) is 10.7. The molecule has 0 saturated carbocycles. The SMILES string of the molecule is CCCCCCCCCCCCCCCCCCN1c2ccccc2C(C)(C)C12C=Nc1c(ccc3ccc(OC(=O)CCCC(=O)O)cc13)O2. The Bertz CT molecular complexity index is 1630. The topological polar surface area (TPSA) is 88.4 Å². The molecule has 2 heterocycles. The van der Waals surface area contributed by atoms with Gasteiger partial charge in [0.1, 0.15) is 17.2 Å². The number of benzene rings is 3. The zero-order chi connectivity index (χ0) is 36.1. The number of carbonyl (C=O) groups is 2. The second kappa shape index (κ2) is 18.6. The van der Waals surface area contributed by atoms with Gasteiger partial charge in [-0.2, -0.15) is 0 Å². The van der Waals surface area contributed by atoms with Gasteiger partial charge in [0.2, 0.25) is 5.72 Å². The Morgan fingerprint density at radius 3 is 2.02 bits per heavy atom. The highest BCUT2D eigenvalue weighted by atomic mass is 16.5. The second-order valence-electron chi connectivity index (χ2n) is 15.2. The Hall–Kier alpha value is -3.87. The molecule has 1 spiro atoms. The number of carboxylic acid groups (broad SMARTS) is 1. The maximum Gasteiger partial charge on any atom is 0.311 e. The average Bonchev–Trinajstić information content (AvgIpc) is 3.29. The lowest BCUT2D eigenvalue weighted by Crippen LogP contribution is -2.62. The van der Waals surface area contributed by atoms with Gasteiger partial charge in [-0.05, 0) is 61.9 Å². The predicted molar refractivity (Wildman–Crippen MR) is 209 cm³/mol. The van der Waals surface area contributed by atoms with Crippen LogP contribution in [-0.2, 0) is 15.0 Å². The Morgan fingerprint density at radius 1 is 0.765 bits per heavy atom. The van der Waals surface area contributed by atoms with Gasteiger partial charge in [-0.1, -0.05) is 134 Å². The van der Waals surface area contributed by atoms with Crippen LogP contribution in [0.25, 0.3) is 10.8 Å². The minimum atomic E-state index is -0.923. The van der Waals surface area contributed by atoms with Crippen LogP contribution < -0.4 is 14.4 Å². The highest BCUT2D eigenvalue weighted by Crippen LogP contribution is 2.55. The van der Waals surface area contributed by atoms with Crippen molar-refractivity contribution in [2.75, 3.05) is 11.4 Å². The molecular formula is C44H60N2O5. The summed E-state index contributed by atoms with van der Waals surface area (Å²) in [5.41, 5.74) is 2.05. The number of aliphatic imine (C=N–C) groups is 1. The fourth-order valence-corrected chi connectivity index (χ4v) is 7.92. The molecule has 1 atom stereocenters. The number of aliphatic carboxylic acids is 1. The number of ether oxygens (including phenoxy) is 2. The highest BCUT2D eigenvalue weighted by Gasteiger charge is 2.59. The summed E-state index contributed by atoms with van der Waals surface area (Å²) in [6.07, 6.45) is 23.8. The number of hydrogen-bond acceptors (Lipinski definition) is 6.